The van der Waals surface area contributed by atoms with E-state index in [1.165, 1.54) is 32.4 Å². The first kappa shape index (κ1) is 18.7. The van der Waals surface area contributed by atoms with Crippen molar-refractivity contribution in [3.63, 3.8) is 0 Å². The Bertz CT molecular complexity index is 754. The van der Waals surface area contributed by atoms with Crippen LogP contribution in [0.4, 0.5) is 24.5 Å². The van der Waals surface area contributed by atoms with E-state index in [1.54, 1.807) is 24.3 Å². The van der Waals surface area contributed by atoms with Crippen LogP contribution in [-0.4, -0.2) is 25.7 Å². The Labute approximate surface area is 147 Å². The minimum absolute atomic E-state index is 0.174. The summed E-state index contributed by atoms with van der Waals surface area (Å²) in [5, 5.41) is 5.86. The first-order valence-electron chi connectivity index (χ1n) is 6.96. The maximum absolute atomic E-state index is 12.3. The van der Waals surface area contributed by atoms with E-state index in [4.69, 9.17) is 21.7 Å². The van der Waals surface area contributed by atoms with Gasteiger partial charge in [-0.2, -0.15) is 0 Å². The fourth-order valence-corrected chi connectivity index (χ4v) is 2.19. The number of methoxy groups -OCH3 is 2. The van der Waals surface area contributed by atoms with Gasteiger partial charge in [0, 0.05) is 17.8 Å². The lowest BCUT2D eigenvalue weighted by atomic mass is 10.2. The predicted molar refractivity (Wildman–Crippen MR) is 92.5 cm³/mol. The molecule has 0 saturated carbocycles. The summed E-state index contributed by atoms with van der Waals surface area (Å²) in [6, 6.07) is 10.4. The number of nitrogens with one attached hydrogen (secondary N) is 2. The molecule has 0 aromatic heterocycles. The Balaban J connectivity index is 2.07. The molecule has 5 nitrogen and oxygen atoms in total. The molecule has 0 aliphatic carbocycles. The zero-order valence-corrected chi connectivity index (χ0v) is 14.1. The highest BCUT2D eigenvalue weighted by Crippen LogP contribution is 2.29. The monoisotopic (exact) mass is 372 g/mol. The molecule has 0 fully saturated rings. The van der Waals surface area contributed by atoms with Crippen LogP contribution >= 0.6 is 12.2 Å². The second-order valence-corrected chi connectivity index (χ2v) is 5.13. The molecule has 9 heteroatoms. The quantitative estimate of drug-likeness (QED) is 0.759. The minimum atomic E-state index is -4.76. The van der Waals surface area contributed by atoms with Gasteiger partial charge in [0.1, 0.15) is 17.2 Å². The summed E-state index contributed by atoms with van der Waals surface area (Å²) >= 11 is 5.17. The van der Waals surface area contributed by atoms with Gasteiger partial charge < -0.3 is 24.8 Å². The van der Waals surface area contributed by atoms with Gasteiger partial charge in [-0.05, 0) is 36.5 Å². The first-order chi connectivity index (χ1) is 11.8. The fourth-order valence-electron chi connectivity index (χ4n) is 1.96. The van der Waals surface area contributed by atoms with Crippen LogP contribution in [0, 0.1) is 0 Å². The third-order valence-electron chi connectivity index (χ3n) is 2.98. The maximum Gasteiger partial charge on any atom is 0.573 e. The number of alkyl halides is 3. The number of rotatable bonds is 5. The van der Waals surface area contributed by atoms with E-state index in [0.717, 1.165) is 0 Å². The molecule has 25 heavy (non-hydrogen) atoms. The fraction of sp³-hybridized carbons (Fsp3) is 0.188. The molecule has 2 aromatic carbocycles. The van der Waals surface area contributed by atoms with Crippen molar-refractivity contribution in [2.75, 3.05) is 24.9 Å². The number of hydrogen-bond acceptors (Lipinski definition) is 4. The molecule has 0 aliphatic rings. The van der Waals surface area contributed by atoms with Gasteiger partial charge in [-0.1, -0.05) is 6.07 Å². The van der Waals surface area contributed by atoms with Crippen molar-refractivity contribution < 1.29 is 27.4 Å². The Morgan fingerprint density at radius 2 is 1.72 bits per heavy atom. The second kappa shape index (κ2) is 7.93. The number of benzene rings is 2. The lowest BCUT2D eigenvalue weighted by Gasteiger charge is -2.15. The maximum atomic E-state index is 12.3. The third kappa shape index (κ3) is 5.71. The topological polar surface area (TPSA) is 51.8 Å². The van der Waals surface area contributed by atoms with Crippen LogP contribution in [0.1, 0.15) is 0 Å². The summed E-state index contributed by atoms with van der Waals surface area (Å²) < 4.78 is 51.0. The van der Waals surface area contributed by atoms with Crippen molar-refractivity contribution in [2.24, 2.45) is 0 Å². The van der Waals surface area contributed by atoms with Crippen LogP contribution in [0.3, 0.4) is 0 Å². The average molecular weight is 372 g/mol. The van der Waals surface area contributed by atoms with Crippen LogP contribution in [-0.2, 0) is 0 Å². The lowest BCUT2D eigenvalue weighted by Crippen LogP contribution is -2.20. The zero-order valence-electron chi connectivity index (χ0n) is 13.3. The number of ether oxygens (including phenoxy) is 3. The second-order valence-electron chi connectivity index (χ2n) is 4.72. The zero-order chi connectivity index (χ0) is 18.4. The molecule has 0 spiro atoms. The molecular weight excluding hydrogens is 357 g/mol. The minimum Gasteiger partial charge on any atom is -0.497 e. The summed E-state index contributed by atoms with van der Waals surface area (Å²) in [6.07, 6.45) is -4.76. The Morgan fingerprint density at radius 1 is 0.960 bits per heavy atom. The molecule has 2 N–H and O–H groups in total. The molecule has 0 radical (unpaired) electrons. The SMILES string of the molecule is COc1ccc(NC(=S)Nc2cccc(OC(F)(F)F)c2)c(OC)c1. The van der Waals surface area contributed by atoms with E-state index in [2.05, 4.69) is 15.4 Å². The van der Waals surface area contributed by atoms with Crippen molar-refractivity contribution >= 4 is 28.7 Å². The van der Waals surface area contributed by atoms with Gasteiger partial charge in [0.2, 0.25) is 0 Å². The Morgan fingerprint density at radius 3 is 2.36 bits per heavy atom. The van der Waals surface area contributed by atoms with Crippen LogP contribution in [0.2, 0.25) is 0 Å². The Kier molecular flexibility index (Phi) is 5.92. The molecule has 2 rings (SSSR count). The van der Waals surface area contributed by atoms with Crippen molar-refractivity contribution in [2.45, 2.75) is 6.36 Å². The highest BCUT2D eigenvalue weighted by atomic mass is 32.1. The van der Waals surface area contributed by atoms with Gasteiger partial charge in [-0.15, -0.1) is 13.2 Å². The molecule has 0 unspecified atom stereocenters. The van der Waals surface area contributed by atoms with E-state index in [9.17, 15) is 13.2 Å². The number of halogens is 3. The molecule has 0 heterocycles. The van der Waals surface area contributed by atoms with E-state index in [0.29, 0.717) is 22.9 Å². The number of anilines is 2. The summed E-state index contributed by atoms with van der Waals surface area (Å²) in [5.74, 6) is 0.762. The molecule has 0 bridgehead atoms. The van der Waals surface area contributed by atoms with Crippen molar-refractivity contribution in [1.29, 1.82) is 0 Å². The normalized spacial score (nSPS) is 10.8. The van der Waals surface area contributed by atoms with Gasteiger partial charge in [-0.25, -0.2) is 0 Å². The third-order valence-corrected chi connectivity index (χ3v) is 3.19. The molecule has 134 valence electrons. The lowest BCUT2D eigenvalue weighted by molar-refractivity contribution is -0.274. The summed E-state index contributed by atoms with van der Waals surface area (Å²) in [7, 11) is 3.03. The van der Waals surface area contributed by atoms with Gasteiger partial charge in [-0.3, -0.25) is 0 Å². The molecule has 0 aliphatic heterocycles. The van der Waals surface area contributed by atoms with Crippen molar-refractivity contribution in [3.05, 3.63) is 42.5 Å². The largest absolute Gasteiger partial charge is 0.573 e. The van der Waals surface area contributed by atoms with E-state index < -0.39 is 6.36 Å². The molecule has 0 amide bonds. The van der Waals surface area contributed by atoms with Crippen molar-refractivity contribution in [1.82, 2.24) is 0 Å². The smallest absolute Gasteiger partial charge is 0.497 e. The summed E-state index contributed by atoms with van der Waals surface area (Å²) in [4.78, 5) is 0. The van der Waals surface area contributed by atoms with Gasteiger partial charge >= 0.3 is 6.36 Å². The average Bonchev–Trinajstić information content (AvgIpc) is 2.53. The standard InChI is InChI=1S/C16H15F3N2O3S/c1-22-11-6-7-13(14(9-11)23-2)21-15(25)20-10-4-3-5-12(8-10)24-16(17,18)19/h3-9H,1-2H3,(H2,20,21,25). The highest BCUT2D eigenvalue weighted by molar-refractivity contribution is 7.80. The van der Waals surface area contributed by atoms with Crippen LogP contribution in [0.25, 0.3) is 0 Å². The number of thiocarbonyl (C=S) groups is 1. The molecule has 0 atom stereocenters. The van der Waals surface area contributed by atoms with Crippen LogP contribution < -0.4 is 24.8 Å². The molecule has 2 aromatic rings. The van der Waals surface area contributed by atoms with Gasteiger partial charge in [0.15, 0.2) is 5.11 Å². The molecular formula is C16H15F3N2O3S. The van der Waals surface area contributed by atoms with E-state index >= 15 is 0 Å². The number of hydrogen-bond donors (Lipinski definition) is 2. The summed E-state index contributed by atoms with van der Waals surface area (Å²) in [6.45, 7) is 0. The van der Waals surface area contributed by atoms with Gasteiger partial charge in [0.05, 0.1) is 19.9 Å². The van der Waals surface area contributed by atoms with Crippen molar-refractivity contribution in [3.8, 4) is 17.2 Å². The first-order valence-corrected chi connectivity index (χ1v) is 7.37. The van der Waals surface area contributed by atoms with Gasteiger partial charge in [0.25, 0.3) is 0 Å². The van der Waals surface area contributed by atoms with E-state index in [-0.39, 0.29) is 10.9 Å². The summed E-state index contributed by atoms with van der Waals surface area (Å²) in [5.41, 5.74) is 0.912. The predicted octanol–water partition coefficient (Wildman–Crippen LogP) is 4.41. The molecule has 0 saturated heterocycles. The van der Waals surface area contributed by atoms with Crippen LogP contribution in [0.5, 0.6) is 17.2 Å². The van der Waals surface area contributed by atoms with Crippen LogP contribution in [0.15, 0.2) is 42.5 Å². The van der Waals surface area contributed by atoms with E-state index in [1.807, 2.05) is 0 Å². The highest BCUT2D eigenvalue weighted by Gasteiger charge is 2.31. The Hall–Kier alpha value is -2.68.